The average molecular weight is 564 g/mol. The number of rotatable bonds is 9. The molecule has 0 saturated carbocycles. The number of hydrogen-bond acceptors (Lipinski definition) is 3. The van der Waals surface area contributed by atoms with Gasteiger partial charge in [0.1, 0.15) is 6.61 Å². The van der Waals surface area contributed by atoms with Gasteiger partial charge in [-0.1, -0.05) is 54.6 Å². The van der Waals surface area contributed by atoms with Crippen LogP contribution in [-0.2, 0) is 29.2 Å². The molecule has 176 valence electrons. The maximum absolute atomic E-state index is 12.2. The fourth-order valence-corrected chi connectivity index (χ4v) is 2.47. The van der Waals surface area contributed by atoms with Crippen LogP contribution in [0.25, 0.3) is 0 Å². The highest BCUT2D eigenvalue weighted by atomic mass is 127. The normalized spacial score (nSPS) is 11.5. The van der Waals surface area contributed by atoms with Crippen molar-refractivity contribution in [2.24, 2.45) is 4.99 Å². The lowest BCUT2D eigenvalue weighted by Gasteiger charge is -2.15. The van der Waals surface area contributed by atoms with E-state index in [9.17, 15) is 18.0 Å². The predicted molar refractivity (Wildman–Crippen MR) is 129 cm³/mol. The van der Waals surface area contributed by atoms with E-state index in [1.807, 2.05) is 30.3 Å². The summed E-state index contributed by atoms with van der Waals surface area (Å²) in [6.07, 6.45) is -4.33. The third-order valence-corrected chi connectivity index (χ3v) is 4.19. The molecule has 2 aromatic carbocycles. The lowest BCUT2D eigenvalue weighted by atomic mass is 10.1. The maximum Gasteiger partial charge on any atom is 0.411 e. The molecule has 2 rings (SSSR count). The number of likely N-dealkylation sites (N-methyl/N-ethyl adjacent to an activating group) is 1. The summed E-state index contributed by atoms with van der Waals surface area (Å²) in [5.41, 5.74) is 2.60. The molecule has 2 N–H and O–H groups in total. The molecule has 0 unspecified atom stereocenters. The minimum atomic E-state index is -4.33. The van der Waals surface area contributed by atoms with E-state index in [2.05, 4.69) is 20.4 Å². The monoisotopic (exact) mass is 564 g/mol. The molecule has 6 nitrogen and oxygen atoms in total. The molecule has 0 aliphatic heterocycles. The van der Waals surface area contributed by atoms with Gasteiger partial charge in [0.2, 0.25) is 5.91 Å². The molecule has 0 aromatic heterocycles. The second kappa shape index (κ2) is 13.9. The van der Waals surface area contributed by atoms with E-state index in [0.29, 0.717) is 24.6 Å². The molecule has 0 aliphatic rings. The quantitative estimate of drug-likeness (QED) is 0.277. The number of aliphatic imine (C=N–C) groups is 1. The van der Waals surface area contributed by atoms with Crippen molar-refractivity contribution in [3.63, 3.8) is 0 Å². The minimum Gasteiger partial charge on any atom is -0.367 e. The van der Waals surface area contributed by atoms with Gasteiger partial charge in [-0.05, 0) is 16.7 Å². The highest BCUT2D eigenvalue weighted by Crippen LogP contribution is 2.15. The van der Waals surface area contributed by atoms with E-state index in [1.54, 1.807) is 38.4 Å². The zero-order chi connectivity index (χ0) is 22.7. The average Bonchev–Trinajstić information content (AvgIpc) is 2.73. The molecule has 1 amide bonds. The van der Waals surface area contributed by atoms with E-state index in [-0.39, 0.29) is 43.0 Å². The van der Waals surface area contributed by atoms with Gasteiger partial charge >= 0.3 is 6.18 Å². The summed E-state index contributed by atoms with van der Waals surface area (Å²) in [5, 5.41) is 6.19. The molecule has 0 aliphatic carbocycles. The van der Waals surface area contributed by atoms with Crippen LogP contribution in [-0.4, -0.2) is 50.2 Å². The van der Waals surface area contributed by atoms with Gasteiger partial charge in [-0.2, -0.15) is 13.2 Å². The summed E-state index contributed by atoms with van der Waals surface area (Å²) in [4.78, 5) is 17.9. The van der Waals surface area contributed by atoms with Crippen molar-refractivity contribution in [2.45, 2.75) is 25.9 Å². The van der Waals surface area contributed by atoms with E-state index >= 15 is 0 Å². The standard InChI is InChI=1S/C22H27F3N4O2.HI/c1-29(2)20(30)14-28-21(26-12-17-6-4-3-5-7-17)27-13-18-8-10-19(11-9-18)15-31-16-22(23,24)25;/h3-11H,12-16H2,1-2H3,(H2,26,27,28);1H. The summed E-state index contributed by atoms with van der Waals surface area (Å²) < 4.78 is 41.1. The molecule has 0 saturated heterocycles. The summed E-state index contributed by atoms with van der Waals surface area (Å²) in [6, 6.07) is 16.8. The van der Waals surface area contributed by atoms with E-state index in [0.717, 1.165) is 11.1 Å². The van der Waals surface area contributed by atoms with Crippen molar-refractivity contribution < 1.29 is 22.7 Å². The van der Waals surface area contributed by atoms with Crippen molar-refractivity contribution in [2.75, 3.05) is 27.2 Å². The maximum atomic E-state index is 12.2. The lowest BCUT2D eigenvalue weighted by Crippen LogP contribution is -2.42. The van der Waals surface area contributed by atoms with Gasteiger partial charge in [-0.15, -0.1) is 24.0 Å². The fourth-order valence-electron chi connectivity index (χ4n) is 2.47. The smallest absolute Gasteiger partial charge is 0.367 e. The predicted octanol–water partition coefficient (Wildman–Crippen LogP) is 3.71. The van der Waals surface area contributed by atoms with E-state index in [1.165, 1.54) is 4.90 Å². The number of guanidine groups is 1. The zero-order valence-corrected chi connectivity index (χ0v) is 20.3. The van der Waals surface area contributed by atoms with E-state index in [4.69, 9.17) is 0 Å². The number of halogens is 4. The van der Waals surface area contributed by atoms with Crippen LogP contribution < -0.4 is 10.6 Å². The Morgan fingerprint density at radius 2 is 1.59 bits per heavy atom. The van der Waals surface area contributed by atoms with Crippen LogP contribution in [0.15, 0.2) is 59.6 Å². The van der Waals surface area contributed by atoms with Gasteiger partial charge in [-0.3, -0.25) is 4.79 Å². The molecular formula is C22H28F3IN4O2. The molecular weight excluding hydrogens is 536 g/mol. The first-order valence-corrected chi connectivity index (χ1v) is 9.71. The molecule has 0 heterocycles. The van der Waals surface area contributed by atoms with Gasteiger partial charge in [0.15, 0.2) is 5.96 Å². The van der Waals surface area contributed by atoms with Crippen molar-refractivity contribution in [3.05, 3.63) is 71.3 Å². The highest BCUT2D eigenvalue weighted by Gasteiger charge is 2.27. The van der Waals surface area contributed by atoms with Crippen LogP contribution in [0.1, 0.15) is 16.7 Å². The lowest BCUT2D eigenvalue weighted by molar-refractivity contribution is -0.176. The largest absolute Gasteiger partial charge is 0.411 e. The first-order chi connectivity index (χ1) is 14.7. The molecule has 0 spiro atoms. The van der Waals surface area contributed by atoms with Gasteiger partial charge < -0.3 is 20.3 Å². The highest BCUT2D eigenvalue weighted by molar-refractivity contribution is 14.0. The van der Waals surface area contributed by atoms with E-state index < -0.39 is 12.8 Å². The number of carbonyl (C=O) groups is 1. The zero-order valence-electron chi connectivity index (χ0n) is 18.0. The summed E-state index contributed by atoms with van der Waals surface area (Å²) in [5.74, 6) is 0.397. The Morgan fingerprint density at radius 3 is 2.19 bits per heavy atom. The van der Waals surface area contributed by atoms with Crippen molar-refractivity contribution >= 4 is 35.8 Å². The molecule has 32 heavy (non-hydrogen) atoms. The van der Waals surface area contributed by atoms with Crippen LogP contribution in [0.2, 0.25) is 0 Å². The van der Waals surface area contributed by atoms with Gasteiger partial charge in [-0.25, -0.2) is 4.99 Å². The Balaban J connectivity index is 0.00000512. The minimum absolute atomic E-state index is 0. The van der Waals surface area contributed by atoms with Crippen LogP contribution in [0, 0.1) is 0 Å². The number of nitrogens with zero attached hydrogens (tertiary/aromatic N) is 2. The summed E-state index contributed by atoms with van der Waals surface area (Å²) >= 11 is 0. The Bertz CT molecular complexity index is 845. The van der Waals surface area contributed by atoms with Crippen LogP contribution in [0.5, 0.6) is 0 Å². The van der Waals surface area contributed by atoms with Gasteiger partial charge in [0.25, 0.3) is 0 Å². The second-order valence-electron chi connectivity index (χ2n) is 7.07. The number of benzene rings is 2. The fraction of sp³-hybridized carbons (Fsp3) is 0.364. The first kappa shape index (κ1) is 27.7. The van der Waals surface area contributed by atoms with Crippen molar-refractivity contribution in [3.8, 4) is 0 Å². The van der Waals surface area contributed by atoms with Crippen LogP contribution in [0.3, 0.4) is 0 Å². The third kappa shape index (κ3) is 11.3. The molecule has 2 aromatic rings. The number of hydrogen-bond donors (Lipinski definition) is 2. The summed E-state index contributed by atoms with van der Waals surface area (Å²) in [6.45, 7) is -0.397. The van der Waals surface area contributed by atoms with Gasteiger partial charge in [0.05, 0.1) is 19.7 Å². The van der Waals surface area contributed by atoms with Gasteiger partial charge in [0, 0.05) is 20.6 Å². The number of nitrogens with one attached hydrogen (secondary N) is 2. The SMILES string of the molecule is CN(C)C(=O)CNC(=NCc1ccccc1)NCc1ccc(COCC(F)(F)F)cc1.I. The Labute approximate surface area is 203 Å². The molecule has 10 heteroatoms. The number of carbonyl (C=O) groups excluding carboxylic acids is 1. The van der Waals surface area contributed by atoms with Crippen molar-refractivity contribution in [1.29, 1.82) is 0 Å². The molecule has 0 atom stereocenters. The number of amides is 1. The Hall–Kier alpha value is -2.34. The first-order valence-electron chi connectivity index (χ1n) is 9.71. The molecule has 0 radical (unpaired) electrons. The topological polar surface area (TPSA) is 66.0 Å². The van der Waals surface area contributed by atoms with Crippen molar-refractivity contribution in [1.82, 2.24) is 15.5 Å². The number of ether oxygens (including phenoxy) is 1. The Kier molecular flexibility index (Phi) is 12.1. The molecule has 0 fully saturated rings. The third-order valence-electron chi connectivity index (χ3n) is 4.19. The second-order valence-corrected chi connectivity index (χ2v) is 7.07. The van der Waals surface area contributed by atoms with Crippen LogP contribution in [0.4, 0.5) is 13.2 Å². The van der Waals surface area contributed by atoms with Crippen LogP contribution >= 0.6 is 24.0 Å². The number of alkyl halides is 3. The molecule has 0 bridgehead atoms. The Morgan fingerprint density at radius 1 is 0.969 bits per heavy atom. The summed E-state index contributed by atoms with van der Waals surface area (Å²) in [7, 11) is 3.36.